The molecule has 3 aromatic rings. The van der Waals surface area contributed by atoms with Gasteiger partial charge in [-0.3, -0.25) is 19.2 Å². The summed E-state index contributed by atoms with van der Waals surface area (Å²) in [6, 6.07) is 21.2. The third-order valence-corrected chi connectivity index (χ3v) is 9.39. The summed E-state index contributed by atoms with van der Waals surface area (Å²) in [6.07, 6.45) is 4.77. The van der Waals surface area contributed by atoms with E-state index in [0.29, 0.717) is 0 Å². The van der Waals surface area contributed by atoms with Crippen LogP contribution in [-0.4, -0.2) is 66.3 Å². The molecule has 0 unspecified atom stereocenters. The number of likely N-dealkylation sites (tertiary alicyclic amines) is 1. The van der Waals surface area contributed by atoms with E-state index in [1.807, 2.05) is 60.7 Å². The van der Waals surface area contributed by atoms with E-state index >= 15 is 0 Å². The van der Waals surface area contributed by atoms with Crippen LogP contribution in [0, 0.1) is 11.7 Å². The van der Waals surface area contributed by atoms with Gasteiger partial charge in [0.05, 0.1) is 12.1 Å². The van der Waals surface area contributed by atoms with Gasteiger partial charge >= 0.3 is 0 Å². The number of benzene rings is 3. The summed E-state index contributed by atoms with van der Waals surface area (Å²) in [5, 5.41) is 12.1. The molecule has 0 spiro atoms. The first kappa shape index (κ1) is 33.8. The van der Waals surface area contributed by atoms with Crippen LogP contribution >= 0.6 is 0 Å². The van der Waals surface area contributed by atoms with Crippen molar-refractivity contribution in [3.63, 3.8) is 0 Å². The Morgan fingerprint density at radius 3 is 1.98 bits per heavy atom. The van der Waals surface area contributed by atoms with E-state index in [0.717, 1.165) is 43.2 Å². The van der Waals surface area contributed by atoms with Crippen LogP contribution in [0.2, 0.25) is 0 Å². The quantitative estimate of drug-likeness (QED) is 0.252. The Hall–Kier alpha value is -4.57. The molecule has 0 bridgehead atoms. The maximum Gasteiger partial charge on any atom is 0.251 e. The van der Waals surface area contributed by atoms with Crippen LogP contribution in [0.1, 0.15) is 73.0 Å². The van der Waals surface area contributed by atoms with Crippen LogP contribution < -0.4 is 21.3 Å². The highest BCUT2D eigenvalue weighted by molar-refractivity contribution is 5.96. The van der Waals surface area contributed by atoms with Crippen LogP contribution in [0.3, 0.4) is 0 Å². The van der Waals surface area contributed by atoms with Gasteiger partial charge in [0.25, 0.3) is 5.91 Å². The van der Waals surface area contributed by atoms with Crippen molar-refractivity contribution in [1.82, 2.24) is 26.2 Å². The molecule has 4 atom stereocenters. The number of carbonyl (C=O) groups is 4. The maximum absolute atomic E-state index is 14.5. The first-order valence-corrected chi connectivity index (χ1v) is 16.5. The molecule has 0 radical (unpaired) electrons. The van der Waals surface area contributed by atoms with Crippen molar-refractivity contribution in [2.45, 2.75) is 75.7 Å². The fraction of sp³-hybridized carbons (Fsp3) is 0.405. The van der Waals surface area contributed by atoms with Crippen LogP contribution in [-0.2, 0) is 14.4 Å². The van der Waals surface area contributed by atoms with Crippen molar-refractivity contribution < 1.29 is 23.6 Å². The second-order valence-corrected chi connectivity index (χ2v) is 12.6. The van der Waals surface area contributed by atoms with Crippen LogP contribution in [0.5, 0.6) is 0 Å². The molecule has 1 saturated heterocycles. The first-order valence-electron chi connectivity index (χ1n) is 16.5. The fourth-order valence-corrected chi connectivity index (χ4v) is 6.63. The number of halogens is 1. The Labute approximate surface area is 275 Å². The number of nitrogens with zero attached hydrogens (tertiary/aromatic N) is 1. The molecule has 1 heterocycles. The lowest BCUT2D eigenvalue weighted by molar-refractivity contribution is -0.143. The van der Waals surface area contributed by atoms with E-state index in [9.17, 15) is 23.6 Å². The van der Waals surface area contributed by atoms with Crippen molar-refractivity contribution in [1.29, 1.82) is 0 Å². The zero-order valence-electron chi connectivity index (χ0n) is 27.0. The van der Waals surface area contributed by atoms with E-state index in [-0.39, 0.29) is 42.2 Å². The van der Waals surface area contributed by atoms with Gasteiger partial charge in [-0.1, -0.05) is 79.9 Å². The Balaban J connectivity index is 1.44. The Bertz CT molecular complexity index is 1480. The highest BCUT2D eigenvalue weighted by Crippen LogP contribution is 2.30. The van der Waals surface area contributed by atoms with E-state index in [4.69, 9.17) is 0 Å². The standard InChI is InChI=1S/C37H44FN5O4/c1-24(39-2)34(44)42-33(27-16-10-5-11-17-27)37(47)43-23-30(40-35(45)28-18-20-29(38)21-19-28)22-31(43)36(46)41-32(25-12-6-3-7-13-25)26-14-8-4-9-15-26/h3-4,6-9,12-15,18-21,24,27,30-33,39H,5,10-11,16-17,22-23H2,1-2H3,(H,40,45)(H,41,46)(H,42,44)/t24-,30-,31-,33-/m0/s1. The number of amides is 4. The van der Waals surface area contributed by atoms with Crippen LogP contribution in [0.4, 0.5) is 4.39 Å². The summed E-state index contributed by atoms with van der Waals surface area (Å²) in [5.41, 5.74) is 2.05. The number of rotatable bonds is 11. The molecule has 1 aliphatic heterocycles. The molecule has 2 aliphatic rings. The summed E-state index contributed by atoms with van der Waals surface area (Å²) in [6.45, 7) is 1.82. The SMILES string of the molecule is CN[C@@H](C)C(=O)N[C@H](C(=O)N1C[C@@H](NC(=O)c2ccc(F)cc2)C[C@H]1C(=O)NC(c1ccccc1)c1ccccc1)C1CCCCC1. The summed E-state index contributed by atoms with van der Waals surface area (Å²) in [5.74, 6) is -1.91. The zero-order chi connectivity index (χ0) is 33.3. The topological polar surface area (TPSA) is 120 Å². The van der Waals surface area contributed by atoms with Crippen molar-refractivity contribution >= 4 is 23.6 Å². The van der Waals surface area contributed by atoms with E-state index in [1.165, 1.54) is 29.2 Å². The van der Waals surface area contributed by atoms with Crippen molar-refractivity contribution in [2.75, 3.05) is 13.6 Å². The van der Waals surface area contributed by atoms with Gasteiger partial charge in [-0.2, -0.15) is 0 Å². The molecule has 5 rings (SSSR count). The summed E-state index contributed by atoms with van der Waals surface area (Å²) in [4.78, 5) is 56.6. The zero-order valence-corrected chi connectivity index (χ0v) is 27.0. The lowest BCUT2D eigenvalue weighted by Crippen LogP contribution is -2.58. The number of nitrogens with one attached hydrogen (secondary N) is 4. The molecule has 3 aromatic carbocycles. The van der Waals surface area contributed by atoms with Crippen molar-refractivity contribution in [2.24, 2.45) is 5.92 Å². The molecular weight excluding hydrogens is 597 g/mol. The van der Waals surface area contributed by atoms with Gasteiger partial charge in [-0.05, 0) is 74.5 Å². The van der Waals surface area contributed by atoms with Gasteiger partial charge in [0.15, 0.2) is 0 Å². The van der Waals surface area contributed by atoms with E-state index < -0.39 is 41.9 Å². The molecule has 0 aromatic heterocycles. The normalized spacial score (nSPS) is 19.5. The molecular formula is C37H44FN5O4. The van der Waals surface area contributed by atoms with Gasteiger partial charge in [0, 0.05) is 18.2 Å². The third kappa shape index (κ3) is 8.43. The summed E-state index contributed by atoms with van der Waals surface area (Å²) < 4.78 is 13.5. The Kier molecular flexibility index (Phi) is 11.4. The Morgan fingerprint density at radius 2 is 1.40 bits per heavy atom. The first-order chi connectivity index (χ1) is 22.7. The minimum Gasteiger partial charge on any atom is -0.347 e. The van der Waals surface area contributed by atoms with E-state index in [2.05, 4.69) is 21.3 Å². The summed E-state index contributed by atoms with van der Waals surface area (Å²) in [7, 11) is 1.69. The molecule has 1 saturated carbocycles. The Morgan fingerprint density at radius 1 is 0.809 bits per heavy atom. The number of hydrogen-bond donors (Lipinski definition) is 4. The summed E-state index contributed by atoms with van der Waals surface area (Å²) >= 11 is 0. The van der Waals surface area contributed by atoms with Crippen LogP contribution in [0.25, 0.3) is 0 Å². The minimum absolute atomic E-state index is 0.0674. The maximum atomic E-state index is 14.5. The molecule has 47 heavy (non-hydrogen) atoms. The highest BCUT2D eigenvalue weighted by Gasteiger charge is 2.45. The number of carbonyl (C=O) groups excluding carboxylic acids is 4. The monoisotopic (exact) mass is 641 g/mol. The number of hydrogen-bond acceptors (Lipinski definition) is 5. The average Bonchev–Trinajstić information content (AvgIpc) is 3.54. The van der Waals surface area contributed by atoms with Gasteiger partial charge in [0.1, 0.15) is 17.9 Å². The smallest absolute Gasteiger partial charge is 0.251 e. The molecule has 1 aliphatic carbocycles. The predicted molar refractivity (Wildman–Crippen MR) is 178 cm³/mol. The lowest BCUT2D eigenvalue weighted by atomic mass is 9.83. The second-order valence-electron chi connectivity index (χ2n) is 12.6. The second kappa shape index (κ2) is 15.8. The van der Waals surface area contributed by atoms with Gasteiger partial charge in [-0.15, -0.1) is 0 Å². The largest absolute Gasteiger partial charge is 0.347 e. The van der Waals surface area contributed by atoms with Gasteiger partial charge in [-0.25, -0.2) is 4.39 Å². The van der Waals surface area contributed by atoms with E-state index in [1.54, 1.807) is 14.0 Å². The molecule has 2 fully saturated rings. The third-order valence-electron chi connectivity index (χ3n) is 9.39. The minimum atomic E-state index is -0.902. The molecule has 9 nitrogen and oxygen atoms in total. The molecule has 4 amide bonds. The predicted octanol–water partition coefficient (Wildman–Crippen LogP) is 4.10. The van der Waals surface area contributed by atoms with Gasteiger partial charge < -0.3 is 26.2 Å². The highest BCUT2D eigenvalue weighted by atomic mass is 19.1. The van der Waals surface area contributed by atoms with Crippen molar-refractivity contribution in [3.05, 3.63) is 107 Å². The van der Waals surface area contributed by atoms with Gasteiger partial charge in [0.2, 0.25) is 17.7 Å². The molecule has 4 N–H and O–H groups in total. The van der Waals surface area contributed by atoms with Crippen molar-refractivity contribution in [3.8, 4) is 0 Å². The number of likely N-dealkylation sites (N-methyl/N-ethyl adjacent to an activating group) is 1. The fourth-order valence-electron chi connectivity index (χ4n) is 6.63. The van der Waals surface area contributed by atoms with Crippen LogP contribution in [0.15, 0.2) is 84.9 Å². The average molecular weight is 642 g/mol. The molecule has 10 heteroatoms. The lowest BCUT2D eigenvalue weighted by Gasteiger charge is -2.35. The molecule has 248 valence electrons.